The maximum absolute atomic E-state index is 12.9. The molecule has 0 aliphatic rings. The van der Waals surface area contributed by atoms with Crippen LogP contribution in [0.4, 0.5) is 8.78 Å². The SMILES string of the molecule is CC(CC(N)=S)NC(=O)c1cc(F)cc(F)c1. The van der Waals surface area contributed by atoms with Crippen LogP contribution in [0.15, 0.2) is 18.2 Å². The molecule has 0 aliphatic carbocycles. The van der Waals surface area contributed by atoms with Crippen molar-refractivity contribution in [1.29, 1.82) is 0 Å². The smallest absolute Gasteiger partial charge is 0.251 e. The number of amides is 1. The lowest BCUT2D eigenvalue weighted by molar-refractivity contribution is 0.0940. The molecule has 1 aromatic carbocycles. The number of hydrogen-bond acceptors (Lipinski definition) is 2. The number of benzene rings is 1. The van der Waals surface area contributed by atoms with Gasteiger partial charge in [0.05, 0.1) is 4.99 Å². The molecule has 6 heteroatoms. The molecular formula is C11H12F2N2OS. The van der Waals surface area contributed by atoms with Gasteiger partial charge in [-0.2, -0.15) is 0 Å². The first kappa shape index (κ1) is 13.5. The second kappa shape index (κ2) is 5.67. The molecule has 0 spiro atoms. The maximum atomic E-state index is 12.9. The Bertz CT molecular complexity index is 431. The predicted molar refractivity (Wildman–Crippen MR) is 64.7 cm³/mol. The molecule has 1 amide bonds. The van der Waals surface area contributed by atoms with E-state index in [2.05, 4.69) is 17.5 Å². The lowest BCUT2D eigenvalue weighted by Gasteiger charge is -2.12. The van der Waals surface area contributed by atoms with Crippen LogP contribution in [-0.4, -0.2) is 16.9 Å². The second-order valence-corrected chi connectivity index (χ2v) is 4.23. The van der Waals surface area contributed by atoms with Crippen LogP contribution >= 0.6 is 12.2 Å². The third-order valence-corrected chi connectivity index (χ3v) is 2.18. The number of halogens is 2. The maximum Gasteiger partial charge on any atom is 0.251 e. The molecule has 3 nitrogen and oxygen atoms in total. The van der Waals surface area contributed by atoms with Crippen molar-refractivity contribution in [3.05, 3.63) is 35.4 Å². The van der Waals surface area contributed by atoms with Gasteiger partial charge in [-0.15, -0.1) is 0 Å². The minimum atomic E-state index is -0.794. The lowest BCUT2D eigenvalue weighted by Crippen LogP contribution is -2.35. The van der Waals surface area contributed by atoms with Crippen LogP contribution in [0.3, 0.4) is 0 Å². The van der Waals surface area contributed by atoms with E-state index >= 15 is 0 Å². The minimum absolute atomic E-state index is 0.0720. The van der Waals surface area contributed by atoms with E-state index in [9.17, 15) is 13.6 Å². The summed E-state index contributed by atoms with van der Waals surface area (Å²) in [5.41, 5.74) is 5.24. The lowest BCUT2D eigenvalue weighted by atomic mass is 10.1. The highest BCUT2D eigenvalue weighted by Crippen LogP contribution is 2.08. The molecule has 1 unspecified atom stereocenters. The highest BCUT2D eigenvalue weighted by atomic mass is 32.1. The first-order valence-electron chi connectivity index (χ1n) is 4.93. The molecular weight excluding hydrogens is 246 g/mol. The summed E-state index contributed by atoms with van der Waals surface area (Å²) in [5.74, 6) is -2.15. The minimum Gasteiger partial charge on any atom is -0.393 e. The van der Waals surface area contributed by atoms with Crippen molar-refractivity contribution in [2.24, 2.45) is 5.73 Å². The van der Waals surface area contributed by atoms with Crippen molar-refractivity contribution >= 4 is 23.1 Å². The fourth-order valence-electron chi connectivity index (χ4n) is 1.34. The predicted octanol–water partition coefficient (Wildman–Crippen LogP) is 1.76. The van der Waals surface area contributed by atoms with E-state index < -0.39 is 17.5 Å². The summed E-state index contributed by atoms with van der Waals surface area (Å²) in [6.45, 7) is 1.70. The molecule has 0 fully saturated rings. The fraction of sp³-hybridized carbons (Fsp3) is 0.273. The van der Waals surface area contributed by atoms with Crippen LogP contribution in [0.5, 0.6) is 0 Å². The van der Waals surface area contributed by atoms with Gasteiger partial charge < -0.3 is 11.1 Å². The molecule has 0 saturated carbocycles. The summed E-state index contributed by atoms with van der Waals surface area (Å²) in [6, 6.07) is 2.35. The Morgan fingerprint density at radius 2 is 1.94 bits per heavy atom. The third-order valence-electron chi connectivity index (χ3n) is 2.01. The Kier molecular flexibility index (Phi) is 4.51. The molecule has 0 radical (unpaired) electrons. The molecule has 0 saturated heterocycles. The van der Waals surface area contributed by atoms with Crippen LogP contribution < -0.4 is 11.1 Å². The standard InChI is InChI=1S/C11H12F2N2OS/c1-6(2-10(14)17)15-11(16)7-3-8(12)5-9(13)4-7/h3-6H,2H2,1H3,(H2,14,17)(H,15,16). The number of hydrogen-bond donors (Lipinski definition) is 2. The van der Waals surface area contributed by atoms with Crippen molar-refractivity contribution in [2.75, 3.05) is 0 Å². The van der Waals surface area contributed by atoms with Crippen LogP contribution in [0.1, 0.15) is 23.7 Å². The van der Waals surface area contributed by atoms with Gasteiger partial charge in [0.15, 0.2) is 0 Å². The van der Waals surface area contributed by atoms with E-state index in [1.165, 1.54) is 0 Å². The molecule has 17 heavy (non-hydrogen) atoms. The van der Waals surface area contributed by atoms with Gasteiger partial charge in [0.2, 0.25) is 0 Å². The molecule has 0 bridgehead atoms. The Morgan fingerprint density at radius 3 is 2.41 bits per heavy atom. The van der Waals surface area contributed by atoms with Gasteiger partial charge in [-0.25, -0.2) is 8.78 Å². The Morgan fingerprint density at radius 1 is 1.41 bits per heavy atom. The monoisotopic (exact) mass is 258 g/mol. The number of carbonyl (C=O) groups excluding carboxylic acids is 1. The third kappa shape index (κ3) is 4.44. The van der Waals surface area contributed by atoms with E-state index in [1.807, 2.05) is 0 Å². The van der Waals surface area contributed by atoms with Crippen LogP contribution in [0, 0.1) is 11.6 Å². The Labute approximate surface area is 103 Å². The fourth-order valence-corrected chi connectivity index (χ4v) is 1.59. The summed E-state index contributed by atoms with van der Waals surface area (Å²) in [7, 11) is 0. The molecule has 3 N–H and O–H groups in total. The van der Waals surface area contributed by atoms with Gasteiger partial charge in [0.1, 0.15) is 11.6 Å². The number of rotatable bonds is 4. The van der Waals surface area contributed by atoms with E-state index in [4.69, 9.17) is 5.73 Å². The van der Waals surface area contributed by atoms with Crippen molar-refractivity contribution in [2.45, 2.75) is 19.4 Å². The van der Waals surface area contributed by atoms with Gasteiger partial charge in [0.25, 0.3) is 5.91 Å². The van der Waals surface area contributed by atoms with Crippen molar-refractivity contribution in [3.8, 4) is 0 Å². The zero-order valence-corrected chi connectivity index (χ0v) is 9.98. The van der Waals surface area contributed by atoms with Crippen LogP contribution in [0.2, 0.25) is 0 Å². The molecule has 0 aromatic heterocycles. The molecule has 1 atom stereocenters. The normalized spacial score (nSPS) is 11.9. The van der Waals surface area contributed by atoms with Gasteiger partial charge in [-0.05, 0) is 19.1 Å². The number of carbonyl (C=O) groups is 1. The summed E-state index contributed by atoms with van der Waals surface area (Å²) < 4.78 is 25.8. The summed E-state index contributed by atoms with van der Waals surface area (Å²) in [4.78, 5) is 11.9. The van der Waals surface area contributed by atoms with E-state index in [-0.39, 0.29) is 16.6 Å². The largest absolute Gasteiger partial charge is 0.393 e. The summed E-state index contributed by atoms with van der Waals surface area (Å²) >= 11 is 4.69. The van der Waals surface area contributed by atoms with E-state index in [0.29, 0.717) is 12.5 Å². The number of nitrogens with one attached hydrogen (secondary N) is 1. The Hall–Kier alpha value is -1.56. The second-order valence-electron chi connectivity index (χ2n) is 3.70. The molecule has 92 valence electrons. The average molecular weight is 258 g/mol. The number of thiocarbonyl (C=S) groups is 1. The average Bonchev–Trinajstić information content (AvgIpc) is 2.14. The first-order chi connectivity index (χ1) is 7.88. The van der Waals surface area contributed by atoms with Gasteiger partial charge in [-0.3, -0.25) is 4.79 Å². The molecule has 1 aromatic rings. The first-order valence-corrected chi connectivity index (χ1v) is 5.34. The van der Waals surface area contributed by atoms with Crippen molar-refractivity contribution < 1.29 is 13.6 Å². The van der Waals surface area contributed by atoms with Crippen molar-refractivity contribution in [3.63, 3.8) is 0 Å². The van der Waals surface area contributed by atoms with Gasteiger partial charge in [-0.1, -0.05) is 12.2 Å². The Balaban J connectivity index is 2.72. The van der Waals surface area contributed by atoms with Crippen LogP contribution in [-0.2, 0) is 0 Å². The van der Waals surface area contributed by atoms with E-state index in [1.54, 1.807) is 6.92 Å². The number of nitrogens with two attached hydrogens (primary N) is 1. The molecule has 0 heterocycles. The van der Waals surface area contributed by atoms with Crippen LogP contribution in [0.25, 0.3) is 0 Å². The summed E-state index contributed by atoms with van der Waals surface area (Å²) in [6.07, 6.45) is 0.332. The van der Waals surface area contributed by atoms with Gasteiger partial charge >= 0.3 is 0 Å². The highest BCUT2D eigenvalue weighted by Gasteiger charge is 2.12. The molecule has 0 aliphatic heterocycles. The zero-order valence-electron chi connectivity index (χ0n) is 9.17. The topological polar surface area (TPSA) is 55.1 Å². The molecule has 1 rings (SSSR count). The van der Waals surface area contributed by atoms with Gasteiger partial charge in [0, 0.05) is 24.1 Å². The zero-order chi connectivity index (χ0) is 13.0. The van der Waals surface area contributed by atoms with E-state index in [0.717, 1.165) is 12.1 Å². The highest BCUT2D eigenvalue weighted by molar-refractivity contribution is 7.80. The quantitative estimate of drug-likeness (QED) is 0.809. The van der Waals surface area contributed by atoms with Crippen molar-refractivity contribution in [1.82, 2.24) is 5.32 Å². The summed E-state index contributed by atoms with van der Waals surface area (Å²) in [5, 5.41) is 2.54.